The molecule has 0 unspecified atom stereocenters. The number of anilines is 1. The molecule has 2 aromatic carbocycles. The molecule has 0 atom stereocenters. The van der Waals surface area contributed by atoms with Gasteiger partial charge in [-0.3, -0.25) is 30.6 Å². The van der Waals surface area contributed by atoms with Gasteiger partial charge in [0.1, 0.15) is 11.5 Å². The molecule has 0 aromatic heterocycles. The highest BCUT2D eigenvalue weighted by Gasteiger charge is 2.13. The summed E-state index contributed by atoms with van der Waals surface area (Å²) in [4.78, 5) is 34.1. The number of halogens is 1. The summed E-state index contributed by atoms with van der Waals surface area (Å²) in [6.07, 6.45) is 0. The molecule has 10 nitrogen and oxygen atoms in total. The number of rotatable bonds is 7. The molecule has 28 heavy (non-hydrogen) atoms. The minimum absolute atomic E-state index is 0.0339. The molecule has 3 N–H and O–H groups in total. The van der Waals surface area contributed by atoms with Crippen LogP contribution >= 0.6 is 11.6 Å². The first-order valence-electron chi connectivity index (χ1n) is 7.84. The lowest BCUT2D eigenvalue weighted by Gasteiger charge is -2.14. The summed E-state index contributed by atoms with van der Waals surface area (Å²) in [6, 6.07) is 8.21. The molecule has 2 rings (SSSR count). The summed E-state index contributed by atoms with van der Waals surface area (Å²) in [6.45, 7) is -0.198. The van der Waals surface area contributed by atoms with E-state index in [1.54, 1.807) is 6.07 Å². The van der Waals surface area contributed by atoms with E-state index in [9.17, 15) is 19.7 Å². The number of hydrogen-bond acceptors (Lipinski definition) is 7. The van der Waals surface area contributed by atoms with Crippen LogP contribution in [0.25, 0.3) is 0 Å². The molecule has 0 heterocycles. The van der Waals surface area contributed by atoms with Crippen LogP contribution in [0.2, 0.25) is 5.02 Å². The van der Waals surface area contributed by atoms with Gasteiger partial charge in [-0.1, -0.05) is 17.7 Å². The number of nitrogens with zero attached hydrogens (tertiary/aromatic N) is 1. The van der Waals surface area contributed by atoms with Crippen molar-refractivity contribution in [2.45, 2.75) is 0 Å². The number of nitro benzene ring substituents is 1. The average molecular weight is 409 g/mol. The highest BCUT2D eigenvalue weighted by Crippen LogP contribution is 2.35. The summed E-state index contributed by atoms with van der Waals surface area (Å²) < 4.78 is 10.3. The Bertz CT molecular complexity index is 905. The fourth-order valence-corrected chi connectivity index (χ4v) is 2.41. The zero-order valence-electron chi connectivity index (χ0n) is 14.9. The number of benzene rings is 2. The summed E-state index contributed by atoms with van der Waals surface area (Å²) in [7, 11) is 2.90. The Hall–Kier alpha value is -3.53. The summed E-state index contributed by atoms with van der Waals surface area (Å²) >= 11 is 6.01. The van der Waals surface area contributed by atoms with Crippen LogP contribution in [0, 0.1) is 10.1 Å². The normalized spacial score (nSPS) is 9.96. The van der Waals surface area contributed by atoms with Crippen LogP contribution in [0.5, 0.6) is 11.5 Å². The van der Waals surface area contributed by atoms with Gasteiger partial charge < -0.3 is 14.8 Å². The van der Waals surface area contributed by atoms with E-state index in [1.165, 1.54) is 38.5 Å². The first-order chi connectivity index (χ1) is 13.3. The molecule has 0 bridgehead atoms. The molecule has 0 saturated carbocycles. The molecule has 0 radical (unpaired) electrons. The van der Waals surface area contributed by atoms with E-state index in [0.717, 1.165) is 6.07 Å². The zero-order valence-corrected chi connectivity index (χ0v) is 15.7. The van der Waals surface area contributed by atoms with E-state index in [-0.39, 0.29) is 17.8 Å². The van der Waals surface area contributed by atoms with E-state index in [4.69, 9.17) is 21.1 Å². The number of methoxy groups -OCH3 is 2. The molecular formula is C17H17ClN4O6. The van der Waals surface area contributed by atoms with E-state index in [1.807, 2.05) is 0 Å². The second-order valence-corrected chi connectivity index (χ2v) is 5.76. The van der Waals surface area contributed by atoms with Crippen LogP contribution in [0.1, 0.15) is 10.4 Å². The monoisotopic (exact) mass is 408 g/mol. The van der Waals surface area contributed by atoms with Crippen LogP contribution in [0.3, 0.4) is 0 Å². The van der Waals surface area contributed by atoms with Gasteiger partial charge >= 0.3 is 0 Å². The number of carbonyl (C=O) groups excluding carboxylic acids is 2. The number of non-ortho nitro benzene ring substituents is 1. The lowest BCUT2D eigenvalue weighted by atomic mass is 10.2. The third-order valence-corrected chi connectivity index (χ3v) is 3.84. The minimum atomic E-state index is -0.692. The van der Waals surface area contributed by atoms with Gasteiger partial charge in [0.2, 0.25) is 0 Å². The van der Waals surface area contributed by atoms with Crippen molar-refractivity contribution in [2.75, 3.05) is 26.1 Å². The lowest BCUT2D eigenvalue weighted by Crippen LogP contribution is -2.44. The van der Waals surface area contributed by atoms with Crippen LogP contribution in [0.15, 0.2) is 36.4 Å². The number of nitro groups is 1. The maximum absolute atomic E-state index is 12.0. The standard InChI is InChI=1S/C17H17ClN4O6/c1-27-14-8-13(15(28-2)7-12(14)18)19-9-16(23)20-21-17(24)10-4-3-5-11(6-10)22(25)26/h3-8,19H,9H2,1-2H3,(H,20,23)(H,21,24). The average Bonchev–Trinajstić information content (AvgIpc) is 2.70. The smallest absolute Gasteiger partial charge is 0.270 e. The number of ether oxygens (including phenoxy) is 2. The highest BCUT2D eigenvalue weighted by molar-refractivity contribution is 6.32. The first-order valence-corrected chi connectivity index (χ1v) is 8.22. The fourth-order valence-electron chi connectivity index (χ4n) is 2.18. The van der Waals surface area contributed by atoms with E-state index in [2.05, 4.69) is 16.2 Å². The minimum Gasteiger partial charge on any atom is -0.495 e. The molecule has 0 saturated heterocycles. The van der Waals surface area contributed by atoms with Crippen LogP contribution < -0.4 is 25.6 Å². The third kappa shape index (κ3) is 5.24. The molecule has 2 amide bonds. The molecule has 0 aliphatic rings. The molecule has 148 valence electrons. The maximum Gasteiger partial charge on any atom is 0.270 e. The van der Waals surface area contributed by atoms with Gasteiger partial charge in [0.05, 0.1) is 36.4 Å². The van der Waals surface area contributed by atoms with Gasteiger partial charge in [-0.25, -0.2) is 0 Å². The van der Waals surface area contributed by atoms with Crippen molar-refractivity contribution < 1.29 is 24.0 Å². The van der Waals surface area contributed by atoms with Gasteiger partial charge in [0.25, 0.3) is 17.5 Å². The third-order valence-electron chi connectivity index (χ3n) is 3.55. The van der Waals surface area contributed by atoms with E-state index >= 15 is 0 Å². The largest absolute Gasteiger partial charge is 0.495 e. The number of nitrogens with one attached hydrogen (secondary N) is 3. The number of amides is 2. The van der Waals surface area contributed by atoms with Crippen molar-refractivity contribution in [2.24, 2.45) is 0 Å². The van der Waals surface area contributed by atoms with Crippen molar-refractivity contribution in [3.63, 3.8) is 0 Å². The van der Waals surface area contributed by atoms with Crippen molar-refractivity contribution in [3.05, 3.63) is 57.1 Å². The predicted octanol–water partition coefficient (Wildman–Crippen LogP) is 2.14. The van der Waals surface area contributed by atoms with Crippen LogP contribution in [-0.2, 0) is 4.79 Å². The number of hydrogen-bond donors (Lipinski definition) is 3. The summed E-state index contributed by atoms with van der Waals surface area (Å²) in [5.41, 5.74) is 4.66. The van der Waals surface area contributed by atoms with Crippen molar-refractivity contribution in [1.29, 1.82) is 0 Å². The molecular weight excluding hydrogens is 392 g/mol. The van der Waals surface area contributed by atoms with Crippen LogP contribution in [0.4, 0.5) is 11.4 Å². The summed E-state index contributed by atoms with van der Waals surface area (Å²) in [5.74, 6) is -0.457. The molecule has 0 aliphatic heterocycles. The van der Waals surface area contributed by atoms with Crippen LogP contribution in [-0.4, -0.2) is 37.5 Å². The second kappa shape index (κ2) is 9.42. The van der Waals surface area contributed by atoms with Gasteiger partial charge in [0, 0.05) is 29.8 Å². The van der Waals surface area contributed by atoms with E-state index < -0.39 is 16.7 Å². The Morgan fingerprint density at radius 3 is 2.46 bits per heavy atom. The molecule has 0 spiro atoms. The first kappa shape index (κ1) is 20.8. The number of hydrazine groups is 1. The SMILES string of the molecule is COc1cc(NCC(=O)NNC(=O)c2cccc([N+](=O)[O-])c2)c(OC)cc1Cl. The molecule has 0 aliphatic carbocycles. The second-order valence-electron chi connectivity index (χ2n) is 5.35. The summed E-state index contributed by atoms with van der Waals surface area (Å²) in [5, 5.41) is 13.9. The van der Waals surface area contributed by atoms with Crippen molar-refractivity contribution >= 4 is 34.8 Å². The predicted molar refractivity (Wildman–Crippen MR) is 102 cm³/mol. The van der Waals surface area contributed by atoms with Gasteiger partial charge in [-0.05, 0) is 6.07 Å². The lowest BCUT2D eigenvalue weighted by molar-refractivity contribution is -0.384. The van der Waals surface area contributed by atoms with Gasteiger partial charge in [-0.15, -0.1) is 0 Å². The number of carbonyl (C=O) groups is 2. The highest BCUT2D eigenvalue weighted by atomic mass is 35.5. The van der Waals surface area contributed by atoms with E-state index in [0.29, 0.717) is 22.2 Å². The Balaban J connectivity index is 1.94. The topological polar surface area (TPSA) is 132 Å². The maximum atomic E-state index is 12.0. The molecule has 0 fully saturated rings. The molecule has 2 aromatic rings. The van der Waals surface area contributed by atoms with Gasteiger partial charge in [-0.2, -0.15) is 0 Å². The van der Waals surface area contributed by atoms with Gasteiger partial charge in [0.15, 0.2) is 0 Å². The Kier molecular flexibility index (Phi) is 6.99. The van der Waals surface area contributed by atoms with Crippen molar-refractivity contribution in [3.8, 4) is 11.5 Å². The van der Waals surface area contributed by atoms with Crippen molar-refractivity contribution in [1.82, 2.24) is 10.9 Å². The zero-order chi connectivity index (χ0) is 20.7. The quantitative estimate of drug-likeness (QED) is 0.472. The molecule has 11 heteroatoms. The Labute approximate surface area is 164 Å². The fraction of sp³-hybridized carbons (Fsp3) is 0.176. The Morgan fingerprint density at radius 2 is 1.82 bits per heavy atom. The Morgan fingerprint density at radius 1 is 1.11 bits per heavy atom.